The number of rotatable bonds is 17. The second-order valence-electron chi connectivity index (χ2n) is 12.7. The van der Waals surface area contributed by atoms with Crippen LogP contribution in [0, 0.1) is 27.6 Å². The number of ether oxygens (including phenoxy) is 5. The van der Waals surface area contributed by atoms with E-state index >= 15 is 0 Å². The Bertz CT molecular complexity index is 1890. The molecule has 0 atom stereocenters. The molecule has 2 aliphatic heterocycles. The molecular weight excluding hydrogens is 739 g/mol. The van der Waals surface area contributed by atoms with Crippen molar-refractivity contribution in [2.24, 2.45) is 0 Å². The number of carbonyl (C=O) groups is 2. The van der Waals surface area contributed by atoms with E-state index < -0.39 is 34.4 Å². The van der Waals surface area contributed by atoms with Crippen LogP contribution in [0.15, 0.2) is 54.1 Å². The fraction of sp³-hybridized carbons (Fsp3) is 0.405. The minimum atomic E-state index is -1.37. The van der Waals surface area contributed by atoms with Crippen molar-refractivity contribution < 1.29 is 56.4 Å². The lowest BCUT2D eigenvalue weighted by Crippen LogP contribution is -2.43. The van der Waals surface area contributed by atoms with E-state index in [4.69, 9.17) is 35.3 Å². The predicted molar refractivity (Wildman–Crippen MR) is 186 cm³/mol. The summed E-state index contributed by atoms with van der Waals surface area (Å²) < 4.78 is 68.2. The van der Waals surface area contributed by atoms with Gasteiger partial charge in [-0.25, -0.2) is 13.6 Å². The van der Waals surface area contributed by atoms with Crippen LogP contribution in [0.3, 0.4) is 0 Å². The molecule has 0 radical (unpaired) electrons. The van der Waals surface area contributed by atoms with Gasteiger partial charge in [0.05, 0.1) is 26.4 Å². The first-order valence-corrected chi connectivity index (χ1v) is 17.7. The average Bonchev–Trinajstić information content (AvgIpc) is 3.91. The number of carbonyl (C=O) groups excluding carboxylic acids is 2. The Morgan fingerprint density at radius 3 is 2.43 bits per heavy atom. The fourth-order valence-corrected chi connectivity index (χ4v) is 6.35. The summed E-state index contributed by atoms with van der Waals surface area (Å²) in [5.41, 5.74) is 3.58. The zero-order valence-corrected chi connectivity index (χ0v) is 29.8. The van der Waals surface area contributed by atoms with Crippen LogP contribution in [-0.4, -0.2) is 85.8 Å². The minimum Gasteiger partial charge on any atom is -0.488 e. The molecule has 0 unspecified atom stereocenters. The maximum absolute atomic E-state index is 14.5. The molecule has 3 aromatic rings. The van der Waals surface area contributed by atoms with Crippen molar-refractivity contribution in [2.75, 3.05) is 52.9 Å². The van der Waals surface area contributed by atoms with Crippen LogP contribution in [0.4, 0.5) is 18.0 Å². The molecule has 17 heteroatoms. The smallest absolute Gasteiger partial charge is 0.410 e. The lowest BCUT2D eigenvalue weighted by atomic mass is 9.91. The summed E-state index contributed by atoms with van der Waals surface area (Å²) in [6.45, 7) is 0.0738. The molecule has 6 rings (SSSR count). The second kappa shape index (κ2) is 17.7. The normalized spacial score (nSPS) is 14.9. The monoisotopic (exact) mass is 775 g/mol. The van der Waals surface area contributed by atoms with E-state index in [1.165, 1.54) is 4.90 Å². The molecule has 1 aliphatic carbocycles. The van der Waals surface area contributed by atoms with Crippen molar-refractivity contribution in [3.63, 3.8) is 0 Å². The Morgan fingerprint density at radius 1 is 0.963 bits per heavy atom. The van der Waals surface area contributed by atoms with Gasteiger partial charge in [0, 0.05) is 35.8 Å². The number of fused-ring (bicyclic) bond motifs is 1. The van der Waals surface area contributed by atoms with Gasteiger partial charge in [-0.15, -0.1) is 10.1 Å². The molecule has 2 heterocycles. The Hall–Kier alpha value is -5.22. The van der Waals surface area contributed by atoms with Gasteiger partial charge in [-0.3, -0.25) is 4.79 Å². The summed E-state index contributed by atoms with van der Waals surface area (Å²) in [7, 11) is 0. The van der Waals surface area contributed by atoms with Gasteiger partial charge in [-0.05, 0) is 72.6 Å². The fourth-order valence-electron chi connectivity index (χ4n) is 6.14. The van der Waals surface area contributed by atoms with Crippen molar-refractivity contribution in [2.45, 2.75) is 44.7 Å². The lowest BCUT2D eigenvalue weighted by molar-refractivity contribution is -0.758. The van der Waals surface area contributed by atoms with Gasteiger partial charge in [0.1, 0.15) is 13.2 Å². The SMILES string of the molecule is O=C(OCCOCCO[N+](=O)[O-])N1CCC(c2ccc(CCCOc3c(F)ccc(F)c3F)cc2)=C(C(=O)N(Cc2cc3c(cc2Cl)OCO3)C2CC2)C1. The molecule has 1 saturated carbocycles. The summed E-state index contributed by atoms with van der Waals surface area (Å²) >= 11 is 6.61. The van der Waals surface area contributed by atoms with Gasteiger partial charge in [0.25, 0.3) is 11.0 Å². The number of benzene rings is 3. The van der Waals surface area contributed by atoms with E-state index in [9.17, 15) is 32.9 Å². The predicted octanol–water partition coefficient (Wildman–Crippen LogP) is 6.51. The third-order valence-corrected chi connectivity index (χ3v) is 9.38. The van der Waals surface area contributed by atoms with Gasteiger partial charge in [0.2, 0.25) is 12.6 Å². The van der Waals surface area contributed by atoms with Crippen LogP contribution in [0.5, 0.6) is 17.2 Å². The van der Waals surface area contributed by atoms with Crippen molar-refractivity contribution >= 4 is 29.2 Å². The molecule has 0 spiro atoms. The van der Waals surface area contributed by atoms with Crippen molar-refractivity contribution in [3.05, 3.63) is 103 Å². The molecule has 0 aromatic heterocycles. The van der Waals surface area contributed by atoms with Crippen molar-refractivity contribution in [1.82, 2.24) is 9.80 Å². The summed E-state index contributed by atoms with van der Waals surface area (Å²) in [5.74, 6) is -3.48. The average molecular weight is 776 g/mol. The number of nitrogens with zero attached hydrogens (tertiary/aromatic N) is 3. The van der Waals surface area contributed by atoms with Crippen LogP contribution >= 0.6 is 11.6 Å². The highest BCUT2D eigenvalue weighted by Gasteiger charge is 2.38. The molecule has 0 saturated heterocycles. The number of halogens is 4. The second-order valence-corrected chi connectivity index (χ2v) is 13.1. The van der Waals surface area contributed by atoms with E-state index in [1.54, 1.807) is 17.0 Å². The Morgan fingerprint density at radius 2 is 1.69 bits per heavy atom. The van der Waals surface area contributed by atoms with Gasteiger partial charge in [-0.1, -0.05) is 35.9 Å². The molecule has 0 bridgehead atoms. The van der Waals surface area contributed by atoms with E-state index in [0.29, 0.717) is 53.0 Å². The van der Waals surface area contributed by atoms with E-state index in [2.05, 4.69) is 4.84 Å². The van der Waals surface area contributed by atoms with Crippen LogP contribution in [0.1, 0.15) is 42.4 Å². The molecule has 13 nitrogen and oxygen atoms in total. The molecule has 288 valence electrons. The van der Waals surface area contributed by atoms with Crippen molar-refractivity contribution in [1.29, 1.82) is 0 Å². The van der Waals surface area contributed by atoms with Crippen molar-refractivity contribution in [3.8, 4) is 17.2 Å². The summed E-state index contributed by atoms with van der Waals surface area (Å²) in [6.07, 6.45) is 2.23. The quantitative estimate of drug-likeness (QED) is 0.0646. The molecule has 3 aliphatic rings. The summed E-state index contributed by atoms with van der Waals surface area (Å²) in [5, 5.41) is 9.78. The first-order chi connectivity index (χ1) is 26.1. The van der Waals surface area contributed by atoms with E-state index in [-0.39, 0.29) is 71.4 Å². The Balaban J connectivity index is 1.16. The highest BCUT2D eigenvalue weighted by Crippen LogP contribution is 2.40. The lowest BCUT2D eigenvalue weighted by Gasteiger charge is -2.33. The summed E-state index contributed by atoms with van der Waals surface area (Å²) in [4.78, 5) is 45.4. The summed E-state index contributed by atoms with van der Waals surface area (Å²) in [6, 6.07) is 12.5. The Kier molecular flexibility index (Phi) is 12.6. The minimum absolute atomic E-state index is 0.00364. The topological polar surface area (TPSA) is 139 Å². The van der Waals surface area contributed by atoms with Crippen LogP contribution in [-0.2, 0) is 32.1 Å². The number of amides is 2. The first-order valence-electron chi connectivity index (χ1n) is 17.3. The molecule has 3 aromatic carbocycles. The zero-order valence-electron chi connectivity index (χ0n) is 29.0. The largest absolute Gasteiger partial charge is 0.488 e. The van der Waals surface area contributed by atoms with Gasteiger partial charge in [0.15, 0.2) is 28.9 Å². The molecular formula is C37H37ClF3N3O10. The third-order valence-electron chi connectivity index (χ3n) is 9.03. The highest BCUT2D eigenvalue weighted by molar-refractivity contribution is 6.31. The molecule has 1 fully saturated rings. The zero-order chi connectivity index (χ0) is 38.2. The van der Waals surface area contributed by atoms with E-state index in [1.807, 2.05) is 24.3 Å². The number of hydrogen-bond donors (Lipinski definition) is 0. The van der Waals surface area contributed by atoms with E-state index in [0.717, 1.165) is 35.6 Å². The number of hydrogen-bond acceptors (Lipinski definition) is 10. The van der Waals surface area contributed by atoms with Gasteiger partial charge in [-0.2, -0.15) is 4.39 Å². The first kappa shape index (κ1) is 38.5. The van der Waals surface area contributed by atoms with Crippen LogP contribution in [0.2, 0.25) is 5.02 Å². The molecule has 54 heavy (non-hydrogen) atoms. The Labute approximate surface area is 313 Å². The maximum Gasteiger partial charge on any atom is 0.410 e. The van der Waals surface area contributed by atoms with Gasteiger partial charge >= 0.3 is 6.09 Å². The van der Waals surface area contributed by atoms with Gasteiger partial charge < -0.3 is 38.3 Å². The standard InChI is InChI=1S/C37H37ClF3N3O10/c38-29-19-33-32(52-22-53-33)18-25(29)20-43(26-7-8-26)36(45)28-21-42(37(46)51-16-14-49-15-17-54-44(47)48)12-11-27(28)24-5-3-23(4-6-24)2-1-13-50-35-31(40)10-9-30(39)34(35)41/h3-6,9-10,18-19,26H,1-2,7-8,11-17,20-22H2. The third kappa shape index (κ3) is 9.65. The van der Waals surface area contributed by atoms with Crippen LogP contribution < -0.4 is 14.2 Å². The number of aryl methyl sites for hydroxylation is 1. The maximum atomic E-state index is 14.5. The molecule has 2 amide bonds. The van der Waals surface area contributed by atoms with Crippen LogP contribution in [0.25, 0.3) is 5.57 Å². The molecule has 0 N–H and O–H groups in total. The highest BCUT2D eigenvalue weighted by atomic mass is 35.5.